The molecule has 0 saturated carbocycles. The fraction of sp³-hybridized carbons (Fsp3) is 1.00. The molecule has 60 valence electrons. The summed E-state index contributed by atoms with van der Waals surface area (Å²) in [6, 6.07) is 0. The van der Waals surface area contributed by atoms with Crippen molar-refractivity contribution >= 4 is 0 Å². The molecule has 0 aliphatic carbocycles. The summed E-state index contributed by atoms with van der Waals surface area (Å²) >= 11 is 0. The van der Waals surface area contributed by atoms with Crippen LogP contribution in [0.2, 0.25) is 0 Å². The average molecular weight is 142 g/mol. The molecule has 10 heavy (non-hydrogen) atoms. The van der Waals surface area contributed by atoms with E-state index in [9.17, 15) is 0 Å². The lowest BCUT2D eigenvalue weighted by Crippen LogP contribution is -2.24. The molecule has 0 bridgehead atoms. The topological polar surface area (TPSA) is 24.1 Å². The van der Waals surface area contributed by atoms with Crippen LogP contribution in [0.4, 0.5) is 0 Å². The van der Waals surface area contributed by atoms with Gasteiger partial charge in [-0.05, 0) is 44.9 Å². The summed E-state index contributed by atoms with van der Waals surface area (Å²) in [5, 5.41) is 6.80. The van der Waals surface area contributed by atoms with Gasteiger partial charge in [0.2, 0.25) is 0 Å². The minimum absolute atomic E-state index is 0.895. The third-order valence-corrected chi connectivity index (χ3v) is 2.02. The maximum absolute atomic E-state index is 3.44. The Morgan fingerprint density at radius 2 is 2.50 bits per heavy atom. The van der Waals surface area contributed by atoms with E-state index in [1.165, 1.54) is 39.0 Å². The van der Waals surface area contributed by atoms with Crippen LogP contribution in [-0.4, -0.2) is 26.2 Å². The van der Waals surface area contributed by atoms with Crippen LogP contribution >= 0.6 is 0 Å². The lowest BCUT2D eigenvalue weighted by Gasteiger charge is -2.07. The highest BCUT2D eigenvalue weighted by molar-refractivity contribution is 4.72. The van der Waals surface area contributed by atoms with Crippen molar-refractivity contribution in [3.63, 3.8) is 0 Å². The van der Waals surface area contributed by atoms with E-state index in [1.54, 1.807) is 0 Å². The van der Waals surface area contributed by atoms with Gasteiger partial charge in [-0.3, -0.25) is 0 Å². The Hall–Kier alpha value is -0.0800. The van der Waals surface area contributed by atoms with Gasteiger partial charge < -0.3 is 10.6 Å². The van der Waals surface area contributed by atoms with E-state index in [0.717, 1.165) is 5.92 Å². The normalized spacial score (nSPS) is 25.5. The van der Waals surface area contributed by atoms with Gasteiger partial charge in [0.05, 0.1) is 0 Å². The molecule has 1 aliphatic rings. The van der Waals surface area contributed by atoms with Crippen LogP contribution in [0.5, 0.6) is 0 Å². The first kappa shape index (κ1) is 8.02. The van der Waals surface area contributed by atoms with E-state index in [4.69, 9.17) is 0 Å². The predicted octanol–water partition coefficient (Wildman–Crippen LogP) is 0.595. The van der Waals surface area contributed by atoms with E-state index in [-0.39, 0.29) is 0 Å². The minimum Gasteiger partial charge on any atom is -0.316 e. The number of hydrogen-bond donors (Lipinski definition) is 2. The summed E-state index contributed by atoms with van der Waals surface area (Å²) in [5.74, 6) is 0.895. The summed E-state index contributed by atoms with van der Waals surface area (Å²) in [5.41, 5.74) is 0. The number of hydrogen-bond acceptors (Lipinski definition) is 2. The molecule has 1 heterocycles. The summed E-state index contributed by atoms with van der Waals surface area (Å²) in [4.78, 5) is 0. The molecular formula is C8H18N2. The largest absolute Gasteiger partial charge is 0.316 e. The molecule has 2 nitrogen and oxygen atoms in total. The van der Waals surface area contributed by atoms with Crippen molar-refractivity contribution < 1.29 is 0 Å². The fourth-order valence-corrected chi connectivity index (χ4v) is 1.37. The van der Waals surface area contributed by atoms with Crippen molar-refractivity contribution in [1.29, 1.82) is 0 Å². The first-order chi connectivity index (χ1) is 4.93. The minimum atomic E-state index is 0.895. The summed E-state index contributed by atoms with van der Waals surface area (Å²) in [7, 11) is 0. The summed E-state index contributed by atoms with van der Waals surface area (Å²) < 4.78 is 0. The molecule has 1 atom stereocenters. The number of nitrogens with one attached hydrogen (secondary N) is 2. The number of rotatable bonds is 4. The van der Waals surface area contributed by atoms with E-state index in [2.05, 4.69) is 17.6 Å². The first-order valence-electron chi connectivity index (χ1n) is 4.35. The van der Waals surface area contributed by atoms with Gasteiger partial charge >= 0.3 is 0 Å². The molecule has 1 unspecified atom stereocenters. The van der Waals surface area contributed by atoms with Gasteiger partial charge in [0.15, 0.2) is 0 Å². The molecule has 0 aromatic rings. The Bertz CT molecular complexity index is 77.3. The lowest BCUT2D eigenvalue weighted by molar-refractivity contribution is 0.512. The van der Waals surface area contributed by atoms with Crippen LogP contribution in [-0.2, 0) is 0 Å². The van der Waals surface area contributed by atoms with E-state index in [1.807, 2.05) is 0 Å². The van der Waals surface area contributed by atoms with E-state index in [0.29, 0.717) is 0 Å². The van der Waals surface area contributed by atoms with Crippen molar-refractivity contribution in [3.05, 3.63) is 0 Å². The van der Waals surface area contributed by atoms with Crippen molar-refractivity contribution in [2.24, 2.45) is 5.92 Å². The fourth-order valence-electron chi connectivity index (χ4n) is 1.37. The molecule has 0 radical (unpaired) electrons. The maximum Gasteiger partial charge on any atom is -0.000790 e. The van der Waals surface area contributed by atoms with Gasteiger partial charge in [0.25, 0.3) is 0 Å². The van der Waals surface area contributed by atoms with Gasteiger partial charge in [0, 0.05) is 0 Å². The van der Waals surface area contributed by atoms with Crippen molar-refractivity contribution in [1.82, 2.24) is 10.6 Å². The molecular weight excluding hydrogens is 124 g/mol. The molecule has 2 N–H and O–H groups in total. The van der Waals surface area contributed by atoms with Crippen molar-refractivity contribution in [2.45, 2.75) is 19.8 Å². The molecule has 1 fully saturated rings. The SMILES string of the molecule is CCCNCC1CCNC1. The average Bonchev–Trinajstić information content (AvgIpc) is 2.41. The predicted molar refractivity (Wildman–Crippen MR) is 44.1 cm³/mol. The van der Waals surface area contributed by atoms with Crippen LogP contribution < -0.4 is 10.6 Å². The molecule has 0 aromatic heterocycles. The summed E-state index contributed by atoms with van der Waals surface area (Å²) in [6.45, 7) is 7.03. The lowest BCUT2D eigenvalue weighted by atomic mass is 10.1. The first-order valence-corrected chi connectivity index (χ1v) is 4.35. The van der Waals surface area contributed by atoms with Crippen LogP contribution in [0.25, 0.3) is 0 Å². The van der Waals surface area contributed by atoms with E-state index < -0.39 is 0 Å². The Labute approximate surface area is 63.4 Å². The zero-order valence-electron chi connectivity index (χ0n) is 6.82. The highest BCUT2D eigenvalue weighted by Crippen LogP contribution is 2.04. The third kappa shape index (κ3) is 2.67. The standard InChI is InChI=1S/C8H18N2/c1-2-4-9-6-8-3-5-10-7-8/h8-10H,2-7H2,1H3. The zero-order chi connectivity index (χ0) is 7.23. The zero-order valence-corrected chi connectivity index (χ0v) is 6.82. The Morgan fingerprint density at radius 1 is 1.60 bits per heavy atom. The second-order valence-corrected chi connectivity index (χ2v) is 3.06. The monoisotopic (exact) mass is 142 g/mol. The second-order valence-electron chi connectivity index (χ2n) is 3.06. The van der Waals surface area contributed by atoms with E-state index >= 15 is 0 Å². The summed E-state index contributed by atoms with van der Waals surface area (Å²) in [6.07, 6.45) is 2.61. The molecule has 1 rings (SSSR count). The quantitative estimate of drug-likeness (QED) is 0.562. The molecule has 1 aliphatic heterocycles. The maximum atomic E-state index is 3.44. The van der Waals surface area contributed by atoms with Crippen molar-refractivity contribution in [3.8, 4) is 0 Å². The Kier molecular flexibility index (Phi) is 3.76. The molecule has 1 saturated heterocycles. The highest BCUT2D eigenvalue weighted by atomic mass is 14.9. The Morgan fingerprint density at radius 3 is 3.10 bits per heavy atom. The molecule has 0 amide bonds. The highest BCUT2D eigenvalue weighted by Gasteiger charge is 2.12. The van der Waals surface area contributed by atoms with Gasteiger partial charge in [0.1, 0.15) is 0 Å². The third-order valence-electron chi connectivity index (χ3n) is 2.02. The van der Waals surface area contributed by atoms with Gasteiger partial charge in [-0.15, -0.1) is 0 Å². The van der Waals surface area contributed by atoms with Crippen LogP contribution in [0.15, 0.2) is 0 Å². The van der Waals surface area contributed by atoms with Crippen molar-refractivity contribution in [2.75, 3.05) is 26.2 Å². The van der Waals surface area contributed by atoms with Crippen LogP contribution in [0.1, 0.15) is 19.8 Å². The van der Waals surface area contributed by atoms with Gasteiger partial charge in [-0.25, -0.2) is 0 Å². The smallest absolute Gasteiger partial charge is 0.000790 e. The molecule has 2 heteroatoms. The Balaban J connectivity index is 1.91. The van der Waals surface area contributed by atoms with Gasteiger partial charge in [-0.2, -0.15) is 0 Å². The molecule has 0 spiro atoms. The molecule has 0 aromatic carbocycles. The second kappa shape index (κ2) is 4.69. The van der Waals surface area contributed by atoms with Crippen LogP contribution in [0.3, 0.4) is 0 Å². The van der Waals surface area contributed by atoms with Crippen LogP contribution in [0, 0.1) is 5.92 Å². The van der Waals surface area contributed by atoms with Gasteiger partial charge in [-0.1, -0.05) is 6.92 Å².